The minimum Gasteiger partial charge on any atom is -0.496 e. The fourth-order valence-electron chi connectivity index (χ4n) is 2.80. The average Bonchev–Trinajstić information content (AvgIpc) is 2.61. The highest BCUT2D eigenvalue weighted by Gasteiger charge is 2.14. The van der Waals surface area contributed by atoms with E-state index in [0.717, 1.165) is 23.3 Å². The molecule has 2 rings (SSSR count). The lowest BCUT2D eigenvalue weighted by Gasteiger charge is -2.21. The van der Waals surface area contributed by atoms with E-state index in [1.807, 2.05) is 31.3 Å². The number of amides is 2. The Balaban J connectivity index is 1.84. The fraction of sp³-hybridized carbons (Fsp3) is 0.409. The Morgan fingerprint density at radius 2 is 1.73 bits per heavy atom. The van der Waals surface area contributed by atoms with Crippen molar-refractivity contribution in [1.29, 1.82) is 0 Å². The number of nitrogens with zero attached hydrogens (tertiary/aromatic N) is 1. The van der Waals surface area contributed by atoms with Gasteiger partial charge in [0.1, 0.15) is 5.75 Å². The Bertz CT molecular complexity index is 718. The number of hydrogen-bond donors (Lipinski definition) is 1. The van der Waals surface area contributed by atoms with E-state index in [1.165, 1.54) is 5.56 Å². The van der Waals surface area contributed by atoms with Gasteiger partial charge in [0.05, 0.1) is 7.11 Å². The molecule has 0 aliphatic carbocycles. The number of nitrogens with one attached hydrogen (secondary N) is 1. The summed E-state index contributed by atoms with van der Waals surface area (Å²) in [5.74, 6) is 0.856. The summed E-state index contributed by atoms with van der Waals surface area (Å²) in [5.41, 5.74) is 3.65. The van der Waals surface area contributed by atoms with E-state index in [-0.39, 0.29) is 11.4 Å². The molecular weight excluding hydrogens is 324 g/mol. The molecule has 0 radical (unpaired) electrons. The van der Waals surface area contributed by atoms with E-state index in [9.17, 15) is 4.79 Å². The van der Waals surface area contributed by atoms with Crippen LogP contribution in [0.1, 0.15) is 37.5 Å². The average molecular weight is 354 g/mol. The number of hydrogen-bond acceptors (Lipinski definition) is 2. The van der Waals surface area contributed by atoms with Crippen LogP contribution in [0.15, 0.2) is 48.5 Å². The van der Waals surface area contributed by atoms with Crippen molar-refractivity contribution in [3.05, 3.63) is 65.2 Å². The maximum absolute atomic E-state index is 12.3. The molecule has 140 valence electrons. The highest BCUT2D eigenvalue weighted by atomic mass is 16.5. The molecule has 0 unspecified atom stereocenters. The van der Waals surface area contributed by atoms with Gasteiger partial charge in [-0.1, -0.05) is 63.2 Å². The van der Waals surface area contributed by atoms with Gasteiger partial charge in [0.15, 0.2) is 0 Å². The molecule has 0 aromatic heterocycles. The predicted octanol–water partition coefficient (Wildman–Crippen LogP) is 4.38. The van der Waals surface area contributed by atoms with E-state index in [0.29, 0.717) is 13.1 Å². The number of para-hydroxylation sites is 1. The molecule has 4 heteroatoms. The number of benzene rings is 2. The molecule has 0 saturated heterocycles. The molecule has 0 aliphatic rings. The van der Waals surface area contributed by atoms with Gasteiger partial charge in [0.25, 0.3) is 0 Å². The molecule has 0 saturated carbocycles. The zero-order chi connectivity index (χ0) is 19.2. The Hall–Kier alpha value is -2.49. The first-order valence-electron chi connectivity index (χ1n) is 9.01. The van der Waals surface area contributed by atoms with Crippen LogP contribution < -0.4 is 10.1 Å². The van der Waals surface area contributed by atoms with Crippen LogP contribution in [0.2, 0.25) is 0 Å². The number of ether oxygens (including phenoxy) is 1. The zero-order valence-corrected chi connectivity index (χ0v) is 16.5. The highest BCUT2D eigenvalue weighted by molar-refractivity contribution is 5.73. The summed E-state index contributed by atoms with van der Waals surface area (Å²) in [6.45, 7) is 7.76. The first-order valence-corrected chi connectivity index (χ1v) is 9.01. The molecule has 1 N–H and O–H groups in total. The van der Waals surface area contributed by atoms with Crippen molar-refractivity contribution in [2.75, 3.05) is 20.7 Å². The second kappa shape index (κ2) is 8.75. The molecule has 0 atom stereocenters. The number of carbonyl (C=O) groups excluding carboxylic acids is 1. The monoisotopic (exact) mass is 354 g/mol. The lowest BCUT2D eigenvalue weighted by Crippen LogP contribution is -2.37. The van der Waals surface area contributed by atoms with Crippen LogP contribution in [0.3, 0.4) is 0 Å². The van der Waals surface area contributed by atoms with E-state index >= 15 is 0 Å². The lowest BCUT2D eigenvalue weighted by atomic mass is 9.87. The molecule has 4 nitrogen and oxygen atoms in total. The molecule has 0 heterocycles. The van der Waals surface area contributed by atoms with Crippen LogP contribution >= 0.6 is 0 Å². The van der Waals surface area contributed by atoms with Gasteiger partial charge in [-0.25, -0.2) is 4.79 Å². The minimum atomic E-state index is -0.0696. The summed E-state index contributed by atoms with van der Waals surface area (Å²) < 4.78 is 5.34. The summed E-state index contributed by atoms with van der Waals surface area (Å²) >= 11 is 0. The summed E-state index contributed by atoms with van der Waals surface area (Å²) in [7, 11) is 3.48. The van der Waals surface area contributed by atoms with Gasteiger partial charge in [-0.3, -0.25) is 0 Å². The maximum atomic E-state index is 12.3. The predicted molar refractivity (Wildman–Crippen MR) is 107 cm³/mol. The third-order valence-corrected chi connectivity index (χ3v) is 4.45. The standard InChI is InChI=1S/C22H30N2O2/c1-22(2,3)19-12-10-17(11-13-19)16-24(4)21(25)23-15-14-18-8-6-7-9-20(18)26-5/h6-13H,14-16H2,1-5H3,(H,23,25). The van der Waals surface area contributed by atoms with Crippen LogP contribution in [0.5, 0.6) is 5.75 Å². The highest BCUT2D eigenvalue weighted by Crippen LogP contribution is 2.22. The van der Waals surface area contributed by atoms with Crippen LogP contribution in [0, 0.1) is 0 Å². The molecule has 0 aliphatic heterocycles. The Labute approximate surface area is 157 Å². The Kier molecular flexibility index (Phi) is 6.67. The normalized spacial score (nSPS) is 11.1. The number of methoxy groups -OCH3 is 1. The smallest absolute Gasteiger partial charge is 0.317 e. The van der Waals surface area contributed by atoms with Crippen LogP contribution in [-0.2, 0) is 18.4 Å². The van der Waals surface area contributed by atoms with Crippen molar-refractivity contribution in [2.45, 2.75) is 39.2 Å². The SMILES string of the molecule is COc1ccccc1CCNC(=O)N(C)Cc1ccc(C(C)(C)C)cc1. The number of urea groups is 1. The van der Waals surface area contributed by atoms with Gasteiger partial charge in [-0.15, -0.1) is 0 Å². The van der Waals surface area contributed by atoms with Crippen molar-refractivity contribution in [2.24, 2.45) is 0 Å². The second-order valence-electron chi connectivity index (χ2n) is 7.60. The van der Waals surface area contributed by atoms with E-state index in [2.05, 4.69) is 50.4 Å². The molecular formula is C22H30N2O2. The summed E-state index contributed by atoms with van der Waals surface area (Å²) in [5, 5.41) is 2.97. The van der Waals surface area contributed by atoms with Crippen molar-refractivity contribution in [3.8, 4) is 5.75 Å². The van der Waals surface area contributed by atoms with Gasteiger partial charge in [-0.2, -0.15) is 0 Å². The van der Waals surface area contributed by atoms with E-state index in [1.54, 1.807) is 12.0 Å². The quantitative estimate of drug-likeness (QED) is 0.836. The largest absolute Gasteiger partial charge is 0.496 e. The maximum Gasteiger partial charge on any atom is 0.317 e. The van der Waals surface area contributed by atoms with Gasteiger partial charge >= 0.3 is 6.03 Å². The van der Waals surface area contributed by atoms with Crippen molar-refractivity contribution < 1.29 is 9.53 Å². The summed E-state index contributed by atoms with van der Waals surface area (Å²) in [6.07, 6.45) is 0.740. The molecule has 26 heavy (non-hydrogen) atoms. The molecule has 0 fully saturated rings. The van der Waals surface area contributed by atoms with Gasteiger partial charge in [0, 0.05) is 20.1 Å². The van der Waals surface area contributed by atoms with Crippen LogP contribution in [0.25, 0.3) is 0 Å². The van der Waals surface area contributed by atoms with Crippen molar-refractivity contribution in [1.82, 2.24) is 10.2 Å². The van der Waals surface area contributed by atoms with Gasteiger partial charge in [-0.05, 0) is 34.6 Å². The number of carbonyl (C=O) groups is 1. The number of rotatable bonds is 6. The Morgan fingerprint density at radius 1 is 1.08 bits per heavy atom. The zero-order valence-electron chi connectivity index (χ0n) is 16.5. The summed E-state index contributed by atoms with van der Waals surface area (Å²) in [6, 6.07) is 16.3. The summed E-state index contributed by atoms with van der Waals surface area (Å²) in [4.78, 5) is 14.0. The van der Waals surface area contributed by atoms with Crippen LogP contribution in [-0.4, -0.2) is 31.6 Å². The van der Waals surface area contributed by atoms with E-state index in [4.69, 9.17) is 4.74 Å². The third kappa shape index (κ3) is 5.51. The third-order valence-electron chi connectivity index (χ3n) is 4.45. The van der Waals surface area contributed by atoms with Crippen molar-refractivity contribution in [3.63, 3.8) is 0 Å². The fourth-order valence-corrected chi connectivity index (χ4v) is 2.80. The van der Waals surface area contributed by atoms with Crippen LogP contribution in [0.4, 0.5) is 4.79 Å². The minimum absolute atomic E-state index is 0.0696. The van der Waals surface area contributed by atoms with Crippen molar-refractivity contribution >= 4 is 6.03 Å². The molecule has 2 aromatic carbocycles. The second-order valence-corrected chi connectivity index (χ2v) is 7.60. The molecule has 2 amide bonds. The van der Waals surface area contributed by atoms with Gasteiger partial charge < -0.3 is 15.0 Å². The van der Waals surface area contributed by atoms with Gasteiger partial charge in [0.2, 0.25) is 0 Å². The first kappa shape index (κ1) is 19.8. The lowest BCUT2D eigenvalue weighted by molar-refractivity contribution is 0.207. The molecule has 2 aromatic rings. The van der Waals surface area contributed by atoms with E-state index < -0.39 is 0 Å². The molecule has 0 bridgehead atoms. The first-order chi connectivity index (χ1) is 12.3. The Morgan fingerprint density at radius 3 is 2.35 bits per heavy atom. The topological polar surface area (TPSA) is 41.6 Å². The molecule has 0 spiro atoms.